The highest BCUT2D eigenvalue weighted by Crippen LogP contribution is 2.26. The van der Waals surface area contributed by atoms with Gasteiger partial charge in [-0.05, 0) is 31.0 Å². The highest BCUT2D eigenvalue weighted by atomic mass is 32.1. The van der Waals surface area contributed by atoms with E-state index in [0.29, 0.717) is 23.9 Å². The van der Waals surface area contributed by atoms with Crippen molar-refractivity contribution >= 4 is 28.7 Å². The fraction of sp³-hybridized carbons (Fsp3) is 0.462. The Balaban J connectivity index is 1.70. The molecule has 1 aliphatic carbocycles. The number of nitrogens with zero attached hydrogens (tertiary/aromatic N) is 2. The summed E-state index contributed by atoms with van der Waals surface area (Å²) in [5, 5.41) is 21.7. The lowest BCUT2D eigenvalue weighted by Crippen LogP contribution is -2.33. The molecule has 0 unspecified atom stereocenters. The van der Waals surface area contributed by atoms with Gasteiger partial charge in [0.2, 0.25) is 0 Å². The number of carbonyl (C=O) groups excluding carboxylic acids is 1. The number of hydrogen-bond acceptors (Lipinski definition) is 6. The van der Waals surface area contributed by atoms with E-state index < -0.39 is 6.10 Å². The fourth-order valence-corrected chi connectivity index (χ4v) is 3.13. The lowest BCUT2D eigenvalue weighted by Gasteiger charge is -2.12. The van der Waals surface area contributed by atoms with Gasteiger partial charge in [-0.15, -0.1) is 0 Å². The molecular weight excluding hydrogens is 278 g/mol. The van der Waals surface area contributed by atoms with E-state index in [1.54, 1.807) is 18.2 Å². The topological polar surface area (TPSA) is 95.3 Å². The monoisotopic (exact) mass is 293 g/mol. The van der Waals surface area contributed by atoms with Crippen LogP contribution in [0.3, 0.4) is 0 Å². The Hall–Kier alpha value is -1.57. The van der Waals surface area contributed by atoms with Gasteiger partial charge in [0, 0.05) is 24.1 Å². The van der Waals surface area contributed by atoms with E-state index in [-0.39, 0.29) is 24.5 Å². The third-order valence-corrected chi connectivity index (χ3v) is 4.30. The van der Waals surface area contributed by atoms with Crippen LogP contribution in [0.15, 0.2) is 18.2 Å². The van der Waals surface area contributed by atoms with E-state index in [9.17, 15) is 9.90 Å². The van der Waals surface area contributed by atoms with E-state index in [1.165, 1.54) is 0 Å². The molecule has 1 heterocycles. The van der Waals surface area contributed by atoms with Gasteiger partial charge in [-0.3, -0.25) is 4.79 Å². The van der Waals surface area contributed by atoms with Crippen molar-refractivity contribution in [2.75, 3.05) is 6.61 Å². The zero-order chi connectivity index (χ0) is 14.1. The highest BCUT2D eigenvalue weighted by Gasteiger charge is 2.33. The van der Waals surface area contributed by atoms with E-state index in [1.807, 2.05) is 0 Å². The lowest BCUT2D eigenvalue weighted by atomic mass is 10.1. The maximum absolute atomic E-state index is 12.2. The molecule has 2 aromatic rings. The van der Waals surface area contributed by atoms with Gasteiger partial charge in [0.25, 0.3) is 5.91 Å². The Labute approximate surface area is 119 Å². The predicted molar refractivity (Wildman–Crippen MR) is 74.5 cm³/mol. The van der Waals surface area contributed by atoms with E-state index in [4.69, 9.17) is 5.11 Å². The first kappa shape index (κ1) is 13.4. The van der Waals surface area contributed by atoms with Gasteiger partial charge >= 0.3 is 0 Å². The van der Waals surface area contributed by atoms with Gasteiger partial charge in [-0.2, -0.15) is 8.75 Å². The molecule has 1 amide bonds. The minimum atomic E-state index is -0.546. The van der Waals surface area contributed by atoms with Crippen LogP contribution in [0, 0.1) is 5.92 Å². The maximum atomic E-state index is 12.2. The Morgan fingerprint density at radius 1 is 1.35 bits per heavy atom. The first-order chi connectivity index (χ1) is 9.67. The summed E-state index contributed by atoms with van der Waals surface area (Å²) in [5.41, 5.74) is 2.03. The highest BCUT2D eigenvalue weighted by molar-refractivity contribution is 7.00. The first-order valence-electron chi connectivity index (χ1n) is 6.49. The summed E-state index contributed by atoms with van der Waals surface area (Å²) >= 11 is 1.12. The molecular formula is C13H15N3O3S. The average Bonchev–Trinajstić information content (AvgIpc) is 3.03. The Morgan fingerprint density at radius 2 is 2.15 bits per heavy atom. The van der Waals surface area contributed by atoms with Crippen LogP contribution in [0.4, 0.5) is 0 Å². The molecule has 1 saturated carbocycles. The van der Waals surface area contributed by atoms with Crippen molar-refractivity contribution in [3.8, 4) is 0 Å². The van der Waals surface area contributed by atoms with Gasteiger partial charge in [-0.25, -0.2) is 0 Å². The molecule has 3 N–H and O–H groups in total. The van der Waals surface area contributed by atoms with Crippen LogP contribution < -0.4 is 5.32 Å². The molecule has 1 fully saturated rings. The van der Waals surface area contributed by atoms with Gasteiger partial charge in [0.15, 0.2) is 0 Å². The number of rotatable bonds is 3. The largest absolute Gasteiger partial charge is 0.396 e. The summed E-state index contributed by atoms with van der Waals surface area (Å²) in [4.78, 5) is 12.2. The molecule has 1 aliphatic rings. The summed E-state index contributed by atoms with van der Waals surface area (Å²) in [6, 6.07) is 5.10. The zero-order valence-electron chi connectivity index (χ0n) is 10.7. The molecule has 0 saturated heterocycles. The molecule has 7 heteroatoms. The summed E-state index contributed by atoms with van der Waals surface area (Å²) < 4.78 is 8.20. The number of aliphatic hydroxyl groups excluding tert-OH is 2. The summed E-state index contributed by atoms with van der Waals surface area (Å²) in [5.74, 6) is -0.332. The van der Waals surface area contributed by atoms with Gasteiger partial charge in [-0.1, -0.05) is 0 Å². The maximum Gasteiger partial charge on any atom is 0.251 e. The molecule has 0 bridgehead atoms. The number of benzene rings is 1. The second-order valence-electron chi connectivity index (χ2n) is 5.12. The van der Waals surface area contributed by atoms with Crippen molar-refractivity contribution in [2.45, 2.75) is 25.0 Å². The molecule has 0 spiro atoms. The third kappa shape index (κ3) is 2.52. The van der Waals surface area contributed by atoms with Gasteiger partial charge < -0.3 is 15.5 Å². The van der Waals surface area contributed by atoms with E-state index in [0.717, 1.165) is 17.2 Å². The number of hydrogen-bond donors (Lipinski definition) is 3. The summed E-state index contributed by atoms with van der Waals surface area (Å²) in [6.45, 7) is -0.0516. The van der Waals surface area contributed by atoms with Gasteiger partial charge in [0.1, 0.15) is 11.0 Å². The Bertz CT molecular complexity index is 630. The van der Waals surface area contributed by atoms with Crippen molar-refractivity contribution in [1.29, 1.82) is 0 Å². The normalized spacial score (nSPS) is 26.0. The Morgan fingerprint density at radius 3 is 2.90 bits per heavy atom. The quantitative estimate of drug-likeness (QED) is 0.768. The summed E-state index contributed by atoms with van der Waals surface area (Å²) in [6.07, 6.45) is 0.539. The third-order valence-electron chi connectivity index (χ3n) is 3.74. The molecule has 20 heavy (non-hydrogen) atoms. The smallest absolute Gasteiger partial charge is 0.251 e. The second kappa shape index (κ2) is 5.43. The minimum Gasteiger partial charge on any atom is -0.396 e. The number of carbonyl (C=O) groups is 1. The predicted octanol–water partition coefficient (Wildman–Crippen LogP) is 0.553. The molecule has 3 rings (SSSR count). The number of amides is 1. The van der Waals surface area contributed by atoms with Crippen molar-refractivity contribution in [3.05, 3.63) is 23.8 Å². The molecule has 0 radical (unpaired) electrons. The van der Waals surface area contributed by atoms with Crippen molar-refractivity contribution < 1.29 is 15.0 Å². The van der Waals surface area contributed by atoms with Crippen LogP contribution in [-0.2, 0) is 0 Å². The fourth-order valence-electron chi connectivity index (χ4n) is 2.61. The molecule has 1 aromatic heterocycles. The minimum absolute atomic E-state index is 0.0516. The second-order valence-corrected chi connectivity index (χ2v) is 5.65. The van der Waals surface area contributed by atoms with Crippen molar-refractivity contribution in [3.63, 3.8) is 0 Å². The van der Waals surface area contributed by atoms with Gasteiger partial charge in [0.05, 0.1) is 17.8 Å². The van der Waals surface area contributed by atoms with Crippen LogP contribution in [0.25, 0.3) is 11.0 Å². The average molecular weight is 293 g/mol. The Kier molecular flexibility index (Phi) is 3.64. The number of aliphatic hydroxyl groups is 2. The van der Waals surface area contributed by atoms with Crippen LogP contribution >= 0.6 is 11.7 Å². The number of aromatic nitrogens is 2. The molecule has 3 atom stereocenters. The van der Waals surface area contributed by atoms with E-state index in [2.05, 4.69) is 14.1 Å². The first-order valence-corrected chi connectivity index (χ1v) is 7.22. The van der Waals surface area contributed by atoms with Crippen LogP contribution in [0.2, 0.25) is 0 Å². The molecule has 1 aromatic carbocycles. The molecule has 0 aliphatic heterocycles. The van der Waals surface area contributed by atoms with Crippen LogP contribution in [0.5, 0.6) is 0 Å². The summed E-state index contributed by atoms with van der Waals surface area (Å²) in [7, 11) is 0. The molecule has 106 valence electrons. The molecule has 6 nitrogen and oxygen atoms in total. The van der Waals surface area contributed by atoms with Crippen molar-refractivity contribution in [2.24, 2.45) is 5.92 Å². The lowest BCUT2D eigenvalue weighted by molar-refractivity contribution is 0.0903. The van der Waals surface area contributed by atoms with Crippen LogP contribution in [-0.4, -0.2) is 43.6 Å². The number of fused-ring (bicyclic) bond motifs is 1. The van der Waals surface area contributed by atoms with Crippen molar-refractivity contribution in [1.82, 2.24) is 14.1 Å². The number of nitrogens with one attached hydrogen (secondary N) is 1. The van der Waals surface area contributed by atoms with E-state index >= 15 is 0 Å². The van der Waals surface area contributed by atoms with Crippen LogP contribution in [0.1, 0.15) is 23.2 Å². The SMILES string of the molecule is O=C(N[C@H]1C[C@H](CO)[C@@H](O)C1)c1ccc2nsnc2c1. The zero-order valence-corrected chi connectivity index (χ0v) is 11.5. The standard InChI is InChI=1S/C13H15N3O3S/c17-6-8-3-9(5-12(8)18)14-13(19)7-1-2-10-11(4-7)16-20-15-10/h1-2,4,8-9,12,17-18H,3,5-6H2,(H,14,19)/t8-,9+,12+/m1/s1.